The van der Waals surface area contributed by atoms with Crippen LogP contribution in [0, 0.1) is 10.8 Å². The van der Waals surface area contributed by atoms with Crippen molar-refractivity contribution in [2.24, 2.45) is 22.6 Å². The van der Waals surface area contributed by atoms with Crippen molar-refractivity contribution in [2.45, 2.75) is 6.92 Å². The number of nitrogens with one attached hydrogen (secondary N) is 5. The summed E-state index contributed by atoms with van der Waals surface area (Å²) in [6.07, 6.45) is 3.50. The van der Waals surface area contributed by atoms with E-state index in [1.165, 1.54) is 15.1 Å². The summed E-state index contributed by atoms with van der Waals surface area (Å²) in [5, 5.41) is 33.2. The Bertz CT molecular complexity index is 637. The lowest BCUT2D eigenvalue weighted by atomic mass is 10.4. The third-order valence-electron chi connectivity index (χ3n) is 5.60. The maximum atomic E-state index is 7.74. The third kappa shape index (κ3) is 12.9. The second-order valence-corrected chi connectivity index (χ2v) is 8.45. The van der Waals surface area contributed by atoms with E-state index in [1.54, 1.807) is 13.1 Å². The molecule has 0 radical (unpaired) electrons. The van der Waals surface area contributed by atoms with Crippen LogP contribution in [-0.4, -0.2) is 147 Å². The zero-order valence-corrected chi connectivity index (χ0v) is 22.1. The van der Waals surface area contributed by atoms with Crippen molar-refractivity contribution in [3.63, 3.8) is 0 Å². The zero-order chi connectivity index (χ0) is 26.8. The molecular weight excluding hydrogens is 462 g/mol. The van der Waals surface area contributed by atoms with Gasteiger partial charge in [0.1, 0.15) is 6.34 Å². The molecular formula is C21H49N15. The monoisotopic (exact) mass is 511 g/mol. The van der Waals surface area contributed by atoms with Crippen LogP contribution in [0.4, 0.5) is 0 Å². The minimum Gasteiger partial charge on any atom is -0.359 e. The number of hydrazone groups is 1. The summed E-state index contributed by atoms with van der Waals surface area (Å²) >= 11 is 0. The van der Waals surface area contributed by atoms with Crippen LogP contribution in [0.25, 0.3) is 0 Å². The Morgan fingerprint density at radius 1 is 0.861 bits per heavy atom. The molecule has 208 valence electrons. The summed E-state index contributed by atoms with van der Waals surface area (Å²) in [6, 6.07) is 0. The van der Waals surface area contributed by atoms with E-state index < -0.39 is 0 Å². The highest BCUT2D eigenvalue weighted by molar-refractivity contribution is 5.76. The van der Waals surface area contributed by atoms with Gasteiger partial charge in [-0.3, -0.25) is 20.8 Å². The lowest BCUT2D eigenvalue weighted by Crippen LogP contribution is -2.53. The molecule has 3 rings (SSSR count). The van der Waals surface area contributed by atoms with Crippen molar-refractivity contribution in [2.75, 3.05) is 98.7 Å². The number of guanidine groups is 2. The molecule has 36 heavy (non-hydrogen) atoms. The van der Waals surface area contributed by atoms with E-state index in [2.05, 4.69) is 32.5 Å². The van der Waals surface area contributed by atoms with Crippen LogP contribution in [0.5, 0.6) is 0 Å². The van der Waals surface area contributed by atoms with E-state index in [0.717, 1.165) is 85.1 Å². The summed E-state index contributed by atoms with van der Waals surface area (Å²) in [4.78, 5) is 6.07. The number of rotatable bonds is 5. The number of piperazine rings is 3. The first kappa shape index (κ1) is 31.3. The molecule has 0 spiro atoms. The Kier molecular flexibility index (Phi) is 16.2. The topological polar surface area (TPSA) is 194 Å². The molecule has 0 unspecified atom stereocenters. The number of hydrogen-bond acceptors (Lipinski definition) is 10. The Morgan fingerprint density at radius 3 is 1.72 bits per heavy atom. The van der Waals surface area contributed by atoms with Gasteiger partial charge in [-0.25, -0.2) is 22.6 Å². The molecule has 15 heteroatoms. The average molecular weight is 512 g/mol. The van der Waals surface area contributed by atoms with E-state index in [9.17, 15) is 0 Å². The lowest BCUT2D eigenvalue weighted by molar-refractivity contribution is 0.300. The molecule has 3 aliphatic rings. The van der Waals surface area contributed by atoms with Crippen molar-refractivity contribution < 1.29 is 0 Å². The SMILES string of the molecule is C=CCN(N)C(=N)N1CCNCC1.CCN(N)/N=C/N1CCNCC1.CN(N)C(=N)N1CCNCC1. The van der Waals surface area contributed by atoms with Gasteiger partial charge in [-0.1, -0.05) is 6.08 Å². The fourth-order valence-electron chi connectivity index (χ4n) is 3.40. The molecule has 15 nitrogen and oxygen atoms in total. The van der Waals surface area contributed by atoms with Crippen LogP contribution in [-0.2, 0) is 0 Å². The molecule has 0 aliphatic carbocycles. The van der Waals surface area contributed by atoms with Crippen molar-refractivity contribution in [3.05, 3.63) is 12.7 Å². The first-order valence-corrected chi connectivity index (χ1v) is 12.5. The van der Waals surface area contributed by atoms with Gasteiger partial charge in [-0.2, -0.15) is 5.10 Å². The third-order valence-corrected chi connectivity index (χ3v) is 5.60. The maximum absolute atomic E-state index is 7.74. The molecule has 3 fully saturated rings. The second-order valence-electron chi connectivity index (χ2n) is 8.45. The highest BCUT2D eigenvalue weighted by atomic mass is 15.6. The summed E-state index contributed by atoms with van der Waals surface area (Å²) in [5.74, 6) is 17.3. The van der Waals surface area contributed by atoms with Gasteiger partial charge >= 0.3 is 0 Å². The minimum atomic E-state index is 0.376. The summed E-state index contributed by atoms with van der Waals surface area (Å²) in [6.45, 7) is 18.1. The van der Waals surface area contributed by atoms with E-state index in [0.29, 0.717) is 18.5 Å². The van der Waals surface area contributed by atoms with Gasteiger partial charge in [-0.05, 0) is 6.92 Å². The number of hydrogen-bond donors (Lipinski definition) is 8. The molecule has 3 aliphatic heterocycles. The fraction of sp³-hybridized carbons (Fsp3) is 0.762. The van der Waals surface area contributed by atoms with Crippen LogP contribution in [0.3, 0.4) is 0 Å². The molecule has 0 atom stereocenters. The average Bonchev–Trinajstić information content (AvgIpc) is 2.93. The van der Waals surface area contributed by atoms with Crippen molar-refractivity contribution in [1.29, 1.82) is 10.8 Å². The number of nitrogens with zero attached hydrogens (tertiary/aromatic N) is 7. The van der Waals surface area contributed by atoms with Gasteiger partial charge in [0.15, 0.2) is 0 Å². The van der Waals surface area contributed by atoms with Crippen LogP contribution in [0.1, 0.15) is 6.92 Å². The largest absolute Gasteiger partial charge is 0.359 e. The van der Waals surface area contributed by atoms with E-state index >= 15 is 0 Å². The van der Waals surface area contributed by atoms with Crippen molar-refractivity contribution in [1.82, 2.24) is 45.8 Å². The molecule has 3 saturated heterocycles. The number of hydrazine groups is 3. The molecule has 11 N–H and O–H groups in total. The smallest absolute Gasteiger partial charge is 0.208 e. The molecule has 0 bridgehead atoms. The minimum absolute atomic E-state index is 0.376. The van der Waals surface area contributed by atoms with Crippen molar-refractivity contribution in [3.8, 4) is 0 Å². The highest BCUT2D eigenvalue weighted by Crippen LogP contribution is 1.96. The quantitative estimate of drug-likeness (QED) is 0.0608. The van der Waals surface area contributed by atoms with Gasteiger partial charge in [0.25, 0.3) is 0 Å². The van der Waals surface area contributed by atoms with Gasteiger partial charge in [0.2, 0.25) is 11.9 Å². The maximum Gasteiger partial charge on any atom is 0.208 e. The lowest BCUT2D eigenvalue weighted by Gasteiger charge is -2.33. The molecule has 0 saturated carbocycles. The van der Waals surface area contributed by atoms with Gasteiger partial charge in [-0.15, -0.1) is 6.58 Å². The van der Waals surface area contributed by atoms with E-state index in [4.69, 9.17) is 28.3 Å². The molecule has 0 amide bonds. The molecule has 0 aromatic rings. The molecule has 0 aromatic heterocycles. The Morgan fingerprint density at radius 2 is 1.31 bits per heavy atom. The summed E-state index contributed by atoms with van der Waals surface area (Å²) in [5.41, 5.74) is 0. The van der Waals surface area contributed by atoms with E-state index in [-0.39, 0.29) is 0 Å². The fourth-order valence-corrected chi connectivity index (χ4v) is 3.40. The van der Waals surface area contributed by atoms with Crippen LogP contribution >= 0.6 is 0 Å². The van der Waals surface area contributed by atoms with Gasteiger partial charge < -0.3 is 30.7 Å². The number of nitrogens with two attached hydrogens (primary N) is 3. The van der Waals surface area contributed by atoms with Gasteiger partial charge in [0.05, 0.1) is 13.1 Å². The van der Waals surface area contributed by atoms with Gasteiger partial charge in [0, 0.05) is 85.6 Å². The first-order chi connectivity index (χ1) is 17.3. The standard InChI is InChI=1S/C8H17N5.C7H17N5.C6H15N5/c1-2-5-13(10)8(9)12-6-3-11-4-7-12;1-2-12(8)10-7-11-5-3-9-4-6-11;1-10(8)6(7)11-4-2-9-3-5-11/h2,9,11H,1,3-7,10H2;7,9H,2-6,8H2,1H3;7,9H,2-5,8H2,1H3/b;10-7+;. The van der Waals surface area contributed by atoms with E-state index in [1.807, 2.05) is 23.1 Å². The van der Waals surface area contributed by atoms with Crippen LogP contribution in [0.15, 0.2) is 17.8 Å². The first-order valence-electron chi connectivity index (χ1n) is 12.5. The van der Waals surface area contributed by atoms with Crippen LogP contribution in [0.2, 0.25) is 0 Å². The molecule has 3 heterocycles. The van der Waals surface area contributed by atoms with Crippen LogP contribution < -0.4 is 33.5 Å². The Hall–Kier alpha value is -2.69. The Balaban J connectivity index is 0.000000271. The normalized spacial score (nSPS) is 17.9. The van der Waals surface area contributed by atoms with Crippen molar-refractivity contribution >= 4 is 18.3 Å². The predicted octanol–water partition coefficient (Wildman–Crippen LogP) is -3.15. The Labute approximate surface area is 216 Å². The summed E-state index contributed by atoms with van der Waals surface area (Å²) < 4.78 is 0. The zero-order valence-electron chi connectivity index (χ0n) is 22.1. The highest BCUT2D eigenvalue weighted by Gasteiger charge is 2.16. The second kappa shape index (κ2) is 18.6. The molecule has 0 aromatic carbocycles. The summed E-state index contributed by atoms with van der Waals surface area (Å²) in [7, 11) is 1.68. The predicted molar refractivity (Wildman–Crippen MR) is 147 cm³/mol.